The molecule has 0 spiro atoms. The Bertz CT molecular complexity index is 555. The van der Waals surface area contributed by atoms with Crippen LogP contribution in [0, 0.1) is 18.6 Å². The molecule has 0 aliphatic carbocycles. The third-order valence-corrected chi connectivity index (χ3v) is 2.87. The number of aryl methyl sites for hydroxylation is 1. The number of anilines is 1. The van der Waals surface area contributed by atoms with Gasteiger partial charge in [-0.15, -0.1) is 0 Å². The Kier molecular flexibility index (Phi) is 4.12. The molecular formula is C15H15F2NO. The molecule has 100 valence electrons. The fraction of sp³-hybridized carbons (Fsp3) is 0.200. The van der Waals surface area contributed by atoms with Gasteiger partial charge in [0.1, 0.15) is 11.6 Å². The molecule has 2 N–H and O–H groups in total. The average Bonchev–Trinajstić information content (AvgIpc) is 2.40. The minimum atomic E-state index is -1.10. The van der Waals surface area contributed by atoms with Gasteiger partial charge in [-0.05, 0) is 37.3 Å². The second kappa shape index (κ2) is 5.80. The van der Waals surface area contributed by atoms with Gasteiger partial charge in [0.25, 0.3) is 0 Å². The van der Waals surface area contributed by atoms with Gasteiger partial charge in [-0.2, -0.15) is 0 Å². The smallest absolute Gasteiger partial charge is 0.129 e. The van der Waals surface area contributed by atoms with Crippen LogP contribution in [0.25, 0.3) is 0 Å². The molecule has 0 saturated carbocycles. The van der Waals surface area contributed by atoms with Crippen LogP contribution >= 0.6 is 0 Å². The molecule has 0 radical (unpaired) electrons. The van der Waals surface area contributed by atoms with E-state index in [1.807, 2.05) is 31.2 Å². The Hall–Kier alpha value is -1.94. The molecule has 0 aliphatic heterocycles. The summed E-state index contributed by atoms with van der Waals surface area (Å²) >= 11 is 0. The molecule has 0 bridgehead atoms. The van der Waals surface area contributed by atoms with Crippen molar-refractivity contribution in [1.82, 2.24) is 0 Å². The minimum Gasteiger partial charge on any atom is -0.386 e. The molecule has 0 aliphatic rings. The molecule has 2 nitrogen and oxygen atoms in total. The molecule has 19 heavy (non-hydrogen) atoms. The topological polar surface area (TPSA) is 32.3 Å². The van der Waals surface area contributed by atoms with Crippen LogP contribution in [-0.2, 0) is 0 Å². The van der Waals surface area contributed by atoms with Crippen molar-refractivity contribution in [1.29, 1.82) is 0 Å². The van der Waals surface area contributed by atoms with Crippen LogP contribution in [0.1, 0.15) is 17.2 Å². The van der Waals surface area contributed by atoms with Gasteiger partial charge in [0.15, 0.2) is 0 Å². The number of hydrogen-bond donors (Lipinski definition) is 2. The van der Waals surface area contributed by atoms with Crippen LogP contribution in [0.5, 0.6) is 0 Å². The predicted octanol–water partition coefficient (Wildman–Crippen LogP) is 3.42. The van der Waals surface area contributed by atoms with Crippen molar-refractivity contribution in [3.05, 3.63) is 65.2 Å². The fourth-order valence-corrected chi connectivity index (χ4v) is 1.77. The van der Waals surface area contributed by atoms with Gasteiger partial charge in [-0.3, -0.25) is 0 Å². The van der Waals surface area contributed by atoms with Crippen molar-refractivity contribution in [3.63, 3.8) is 0 Å². The summed E-state index contributed by atoms with van der Waals surface area (Å²) in [5, 5.41) is 12.9. The average molecular weight is 263 g/mol. The first-order chi connectivity index (χ1) is 9.06. The molecule has 0 heterocycles. The van der Waals surface area contributed by atoms with Gasteiger partial charge >= 0.3 is 0 Å². The largest absolute Gasteiger partial charge is 0.386 e. The SMILES string of the molecule is Cc1ccc(NCC(O)c2cc(F)ccc2F)cc1. The van der Waals surface area contributed by atoms with Crippen LogP contribution in [0.4, 0.5) is 14.5 Å². The quantitative estimate of drug-likeness (QED) is 0.886. The van der Waals surface area contributed by atoms with E-state index in [9.17, 15) is 13.9 Å². The molecule has 0 fully saturated rings. The lowest BCUT2D eigenvalue weighted by molar-refractivity contribution is 0.186. The number of benzene rings is 2. The standard InChI is InChI=1S/C15H15F2NO/c1-10-2-5-12(6-3-10)18-9-15(19)13-8-11(16)4-7-14(13)17/h2-8,15,18-19H,9H2,1H3. The first kappa shape index (κ1) is 13.5. The lowest BCUT2D eigenvalue weighted by atomic mass is 10.1. The number of halogens is 2. The monoisotopic (exact) mass is 263 g/mol. The number of aliphatic hydroxyl groups is 1. The Morgan fingerprint density at radius 2 is 1.79 bits per heavy atom. The van der Waals surface area contributed by atoms with E-state index < -0.39 is 17.7 Å². The maximum absolute atomic E-state index is 13.4. The summed E-state index contributed by atoms with van der Waals surface area (Å²) in [4.78, 5) is 0. The lowest BCUT2D eigenvalue weighted by Gasteiger charge is -2.14. The summed E-state index contributed by atoms with van der Waals surface area (Å²) in [6.07, 6.45) is -1.10. The highest BCUT2D eigenvalue weighted by Gasteiger charge is 2.13. The Labute approximate surface area is 110 Å². The van der Waals surface area contributed by atoms with E-state index in [4.69, 9.17) is 0 Å². The van der Waals surface area contributed by atoms with Crippen molar-refractivity contribution in [2.24, 2.45) is 0 Å². The maximum atomic E-state index is 13.4. The van der Waals surface area contributed by atoms with Gasteiger partial charge in [-0.25, -0.2) is 8.78 Å². The van der Waals surface area contributed by atoms with Crippen LogP contribution in [0.2, 0.25) is 0 Å². The first-order valence-electron chi connectivity index (χ1n) is 6.00. The number of aliphatic hydroxyl groups excluding tert-OH is 1. The predicted molar refractivity (Wildman–Crippen MR) is 71.0 cm³/mol. The van der Waals surface area contributed by atoms with E-state index in [0.29, 0.717) is 0 Å². The highest BCUT2D eigenvalue weighted by atomic mass is 19.1. The van der Waals surface area contributed by atoms with Crippen LogP contribution in [-0.4, -0.2) is 11.7 Å². The van der Waals surface area contributed by atoms with Gasteiger partial charge in [0, 0.05) is 17.8 Å². The summed E-state index contributed by atoms with van der Waals surface area (Å²) in [5.74, 6) is -1.18. The molecule has 4 heteroatoms. The van der Waals surface area contributed by atoms with Gasteiger partial charge in [0.05, 0.1) is 6.10 Å². The van der Waals surface area contributed by atoms with Gasteiger partial charge in [0.2, 0.25) is 0 Å². The molecule has 0 amide bonds. The Morgan fingerprint density at radius 3 is 2.47 bits per heavy atom. The third-order valence-electron chi connectivity index (χ3n) is 2.87. The summed E-state index contributed by atoms with van der Waals surface area (Å²) < 4.78 is 26.5. The molecule has 2 aromatic rings. The van der Waals surface area contributed by atoms with E-state index in [0.717, 1.165) is 29.4 Å². The van der Waals surface area contributed by atoms with Crippen molar-refractivity contribution in [2.75, 3.05) is 11.9 Å². The zero-order chi connectivity index (χ0) is 13.8. The number of nitrogens with one attached hydrogen (secondary N) is 1. The normalized spacial score (nSPS) is 12.2. The Morgan fingerprint density at radius 1 is 1.11 bits per heavy atom. The second-order valence-electron chi connectivity index (χ2n) is 4.43. The van der Waals surface area contributed by atoms with Crippen molar-refractivity contribution in [2.45, 2.75) is 13.0 Å². The molecule has 2 rings (SSSR count). The second-order valence-corrected chi connectivity index (χ2v) is 4.43. The zero-order valence-electron chi connectivity index (χ0n) is 10.5. The molecule has 1 atom stereocenters. The molecule has 2 aromatic carbocycles. The summed E-state index contributed by atoms with van der Waals surface area (Å²) in [7, 11) is 0. The molecule has 1 unspecified atom stereocenters. The number of hydrogen-bond acceptors (Lipinski definition) is 2. The van der Waals surface area contributed by atoms with E-state index in [2.05, 4.69) is 5.32 Å². The molecule has 0 saturated heterocycles. The molecule has 0 aromatic heterocycles. The van der Waals surface area contributed by atoms with Crippen LogP contribution in [0.15, 0.2) is 42.5 Å². The summed E-state index contributed by atoms with van der Waals surface area (Å²) in [5.41, 5.74) is 1.91. The third kappa shape index (κ3) is 3.51. The zero-order valence-corrected chi connectivity index (χ0v) is 10.5. The van der Waals surface area contributed by atoms with E-state index in [1.165, 1.54) is 0 Å². The van der Waals surface area contributed by atoms with E-state index >= 15 is 0 Å². The highest BCUT2D eigenvalue weighted by molar-refractivity contribution is 5.44. The van der Waals surface area contributed by atoms with Crippen molar-refractivity contribution >= 4 is 5.69 Å². The van der Waals surface area contributed by atoms with Crippen molar-refractivity contribution in [3.8, 4) is 0 Å². The lowest BCUT2D eigenvalue weighted by Crippen LogP contribution is -2.13. The Balaban J connectivity index is 2.03. The van der Waals surface area contributed by atoms with E-state index in [1.54, 1.807) is 0 Å². The first-order valence-corrected chi connectivity index (χ1v) is 6.00. The summed E-state index contributed by atoms with van der Waals surface area (Å²) in [6, 6.07) is 10.6. The maximum Gasteiger partial charge on any atom is 0.129 e. The van der Waals surface area contributed by atoms with Crippen molar-refractivity contribution < 1.29 is 13.9 Å². The van der Waals surface area contributed by atoms with E-state index in [-0.39, 0.29) is 12.1 Å². The highest BCUT2D eigenvalue weighted by Crippen LogP contribution is 2.19. The van der Waals surface area contributed by atoms with Crippen LogP contribution < -0.4 is 5.32 Å². The number of rotatable bonds is 4. The fourth-order valence-electron chi connectivity index (χ4n) is 1.77. The minimum absolute atomic E-state index is 0.0420. The van der Waals surface area contributed by atoms with Gasteiger partial charge in [-0.1, -0.05) is 17.7 Å². The molecular weight excluding hydrogens is 248 g/mol. The van der Waals surface area contributed by atoms with Crippen LogP contribution in [0.3, 0.4) is 0 Å². The summed E-state index contributed by atoms with van der Waals surface area (Å²) in [6.45, 7) is 2.09. The van der Waals surface area contributed by atoms with Gasteiger partial charge < -0.3 is 10.4 Å².